The fourth-order valence-corrected chi connectivity index (χ4v) is 4.54. The third-order valence-corrected chi connectivity index (χ3v) is 6.72. The molecule has 1 fully saturated rings. The molecular weight excluding hydrogens is 396 g/mol. The number of rotatable bonds is 12. The van der Waals surface area contributed by atoms with Crippen LogP contribution < -0.4 is 5.32 Å². The van der Waals surface area contributed by atoms with Gasteiger partial charge in [0.1, 0.15) is 0 Å². The first kappa shape index (κ1) is 24.5. The molecule has 1 aliphatic heterocycles. The molecule has 0 aromatic heterocycles. The van der Waals surface area contributed by atoms with Gasteiger partial charge < -0.3 is 10.1 Å². The number of amides is 1. The predicted octanol–water partition coefficient (Wildman–Crippen LogP) is 6.07. The number of nitrogens with zero attached hydrogens (tertiary/aromatic N) is 1. The Morgan fingerprint density at radius 3 is 2.38 bits per heavy atom. The summed E-state index contributed by atoms with van der Waals surface area (Å²) in [5.41, 5.74) is 3.91. The summed E-state index contributed by atoms with van der Waals surface area (Å²) in [6.45, 7) is 9.04. The van der Waals surface area contributed by atoms with E-state index in [9.17, 15) is 4.79 Å². The van der Waals surface area contributed by atoms with Crippen LogP contribution >= 0.6 is 0 Å². The molecule has 3 rings (SSSR count). The highest BCUT2D eigenvalue weighted by molar-refractivity contribution is 5.90. The van der Waals surface area contributed by atoms with Gasteiger partial charge in [0.15, 0.2) is 0 Å². The first-order chi connectivity index (χ1) is 15.6. The van der Waals surface area contributed by atoms with E-state index in [0.717, 1.165) is 57.8 Å². The molecule has 0 spiro atoms. The third-order valence-electron chi connectivity index (χ3n) is 6.72. The molecule has 1 N–H and O–H groups in total. The number of unbranched alkanes of at least 4 members (excludes halogenated alkanes) is 1. The van der Waals surface area contributed by atoms with Gasteiger partial charge in [-0.25, -0.2) is 0 Å². The average molecular weight is 437 g/mol. The van der Waals surface area contributed by atoms with Crippen LogP contribution in [0.1, 0.15) is 63.5 Å². The second-order valence-corrected chi connectivity index (χ2v) is 9.25. The minimum Gasteiger partial charge on any atom is -0.381 e. The lowest BCUT2D eigenvalue weighted by Gasteiger charge is -2.42. The van der Waals surface area contributed by atoms with E-state index in [1.807, 2.05) is 12.1 Å². The second kappa shape index (κ2) is 12.8. The Morgan fingerprint density at radius 2 is 1.72 bits per heavy atom. The number of aryl methyl sites for hydroxylation is 1. The predicted molar refractivity (Wildman–Crippen MR) is 133 cm³/mol. The second-order valence-electron chi connectivity index (χ2n) is 9.25. The third kappa shape index (κ3) is 7.75. The summed E-state index contributed by atoms with van der Waals surface area (Å²) in [7, 11) is 0. The van der Waals surface area contributed by atoms with Crippen LogP contribution in [0, 0.1) is 5.41 Å². The lowest BCUT2D eigenvalue weighted by molar-refractivity contribution is -0.116. The molecule has 2 aromatic carbocycles. The topological polar surface area (TPSA) is 41.6 Å². The van der Waals surface area contributed by atoms with Crippen LogP contribution in [0.3, 0.4) is 0 Å². The molecule has 0 radical (unpaired) electrons. The Balaban J connectivity index is 1.49. The zero-order valence-corrected chi connectivity index (χ0v) is 19.9. The van der Waals surface area contributed by atoms with Gasteiger partial charge in [-0.15, -0.1) is 0 Å². The number of carbonyl (C=O) groups is 1. The van der Waals surface area contributed by atoms with Crippen LogP contribution in [0.15, 0.2) is 54.6 Å². The van der Waals surface area contributed by atoms with Gasteiger partial charge in [0, 0.05) is 25.3 Å². The van der Waals surface area contributed by atoms with Crippen LogP contribution in [-0.4, -0.2) is 37.1 Å². The van der Waals surface area contributed by atoms with E-state index >= 15 is 0 Å². The Labute approximate surface area is 194 Å². The molecule has 4 heteroatoms. The van der Waals surface area contributed by atoms with Crippen LogP contribution in [0.5, 0.6) is 0 Å². The molecule has 0 saturated carbocycles. The summed E-state index contributed by atoms with van der Waals surface area (Å²) in [6.07, 6.45) is 7.27. The molecule has 1 aliphatic rings. The monoisotopic (exact) mass is 436 g/mol. The summed E-state index contributed by atoms with van der Waals surface area (Å²) >= 11 is 0. The van der Waals surface area contributed by atoms with Gasteiger partial charge in [-0.1, -0.05) is 55.8 Å². The molecule has 1 saturated heterocycles. The molecule has 0 aliphatic carbocycles. The van der Waals surface area contributed by atoms with Gasteiger partial charge >= 0.3 is 0 Å². The Bertz CT molecular complexity index is 796. The van der Waals surface area contributed by atoms with Crippen molar-refractivity contribution in [3.8, 4) is 0 Å². The molecule has 174 valence electrons. The smallest absolute Gasteiger partial charge is 0.224 e. The molecule has 0 unspecified atom stereocenters. The Kier molecular flexibility index (Phi) is 9.76. The van der Waals surface area contributed by atoms with Crippen molar-refractivity contribution in [3.63, 3.8) is 0 Å². The molecular formula is C28H40N2O2. The van der Waals surface area contributed by atoms with Gasteiger partial charge in [-0.2, -0.15) is 0 Å². The number of hydrogen-bond acceptors (Lipinski definition) is 3. The average Bonchev–Trinajstić information content (AvgIpc) is 2.83. The van der Waals surface area contributed by atoms with Gasteiger partial charge in [-0.05, 0) is 80.8 Å². The van der Waals surface area contributed by atoms with Crippen LogP contribution in [0.25, 0.3) is 0 Å². The molecule has 0 atom stereocenters. The van der Waals surface area contributed by atoms with Crippen LogP contribution in [-0.2, 0) is 22.5 Å². The van der Waals surface area contributed by atoms with E-state index < -0.39 is 0 Å². The van der Waals surface area contributed by atoms with Gasteiger partial charge in [0.2, 0.25) is 5.91 Å². The lowest BCUT2D eigenvalue weighted by atomic mass is 9.74. The number of piperidine rings is 1. The number of benzene rings is 2. The zero-order valence-electron chi connectivity index (χ0n) is 19.9. The summed E-state index contributed by atoms with van der Waals surface area (Å²) < 4.78 is 5.93. The minimum atomic E-state index is 0.108. The summed E-state index contributed by atoms with van der Waals surface area (Å²) in [4.78, 5) is 14.5. The van der Waals surface area contributed by atoms with Gasteiger partial charge in [0.25, 0.3) is 0 Å². The quantitative estimate of drug-likeness (QED) is 0.439. The van der Waals surface area contributed by atoms with Crippen molar-refractivity contribution in [1.82, 2.24) is 4.90 Å². The van der Waals surface area contributed by atoms with E-state index in [-0.39, 0.29) is 11.3 Å². The number of anilines is 1. The molecule has 1 heterocycles. The Hall–Kier alpha value is -2.17. The largest absolute Gasteiger partial charge is 0.381 e. The van der Waals surface area contributed by atoms with Crippen molar-refractivity contribution in [2.45, 2.75) is 65.3 Å². The number of carbonyl (C=O) groups excluding carboxylic acids is 1. The summed E-state index contributed by atoms with van der Waals surface area (Å²) in [5.74, 6) is 0.108. The maximum atomic E-state index is 11.9. The van der Waals surface area contributed by atoms with Gasteiger partial charge in [0.05, 0.1) is 6.61 Å². The first-order valence-electron chi connectivity index (χ1n) is 12.4. The highest BCUT2D eigenvalue weighted by atomic mass is 16.5. The number of likely N-dealkylation sites (tertiary alicyclic amines) is 1. The lowest BCUT2D eigenvalue weighted by Crippen LogP contribution is -2.42. The van der Waals surface area contributed by atoms with E-state index in [1.165, 1.54) is 30.4 Å². The highest BCUT2D eigenvalue weighted by Crippen LogP contribution is 2.37. The normalized spacial score (nSPS) is 16.1. The van der Waals surface area contributed by atoms with E-state index in [2.05, 4.69) is 66.5 Å². The van der Waals surface area contributed by atoms with Crippen molar-refractivity contribution in [1.29, 1.82) is 0 Å². The van der Waals surface area contributed by atoms with Crippen molar-refractivity contribution >= 4 is 11.6 Å². The SMILES string of the molecule is CCCCC(=O)Nc1ccc(CN2CCC(CCc3ccccc3)(COCC)CC2)cc1. The van der Waals surface area contributed by atoms with Gasteiger partial charge in [-0.3, -0.25) is 9.69 Å². The number of ether oxygens (including phenoxy) is 1. The van der Waals surface area contributed by atoms with Crippen molar-refractivity contribution in [3.05, 3.63) is 65.7 Å². The van der Waals surface area contributed by atoms with Crippen molar-refractivity contribution < 1.29 is 9.53 Å². The maximum absolute atomic E-state index is 11.9. The van der Waals surface area contributed by atoms with E-state index in [0.29, 0.717) is 6.42 Å². The maximum Gasteiger partial charge on any atom is 0.224 e. The van der Waals surface area contributed by atoms with Crippen molar-refractivity contribution in [2.24, 2.45) is 5.41 Å². The molecule has 32 heavy (non-hydrogen) atoms. The summed E-state index contributed by atoms with van der Waals surface area (Å²) in [5, 5.41) is 3.00. The van der Waals surface area contributed by atoms with Crippen molar-refractivity contribution in [2.75, 3.05) is 31.6 Å². The Morgan fingerprint density at radius 1 is 1.00 bits per heavy atom. The fourth-order valence-electron chi connectivity index (χ4n) is 4.54. The fraction of sp³-hybridized carbons (Fsp3) is 0.536. The van der Waals surface area contributed by atoms with E-state index in [1.54, 1.807) is 0 Å². The minimum absolute atomic E-state index is 0.108. The van der Waals surface area contributed by atoms with Crippen LogP contribution in [0.4, 0.5) is 5.69 Å². The van der Waals surface area contributed by atoms with E-state index in [4.69, 9.17) is 4.74 Å². The molecule has 0 bridgehead atoms. The standard InChI is InChI=1S/C28H40N2O2/c1-3-5-11-27(31)29-26-14-12-25(13-15-26)22-30-20-18-28(19-21-30,23-32-4-2)17-16-24-9-7-6-8-10-24/h6-10,12-15H,3-5,11,16-23H2,1-2H3,(H,29,31). The number of hydrogen-bond donors (Lipinski definition) is 1. The molecule has 1 amide bonds. The van der Waals surface area contributed by atoms with Crippen LogP contribution in [0.2, 0.25) is 0 Å². The molecule has 2 aromatic rings. The first-order valence-corrected chi connectivity index (χ1v) is 12.4. The summed E-state index contributed by atoms with van der Waals surface area (Å²) in [6, 6.07) is 19.2. The highest BCUT2D eigenvalue weighted by Gasteiger charge is 2.34. The number of nitrogens with one attached hydrogen (secondary N) is 1. The molecule has 4 nitrogen and oxygen atoms in total. The zero-order chi connectivity index (χ0) is 22.7.